The van der Waals surface area contributed by atoms with E-state index in [2.05, 4.69) is 10.4 Å². The molecule has 0 spiro atoms. The zero-order valence-corrected chi connectivity index (χ0v) is 11.7. The number of aromatic nitrogens is 1. The summed E-state index contributed by atoms with van der Waals surface area (Å²) in [4.78, 5) is 4.10. The number of nitrogens with zero attached hydrogens (tertiary/aromatic N) is 1. The third-order valence-corrected chi connectivity index (χ3v) is 3.13. The van der Waals surface area contributed by atoms with Crippen LogP contribution in [0.15, 0.2) is 36.7 Å². The van der Waals surface area contributed by atoms with Crippen molar-refractivity contribution in [2.24, 2.45) is 5.84 Å². The van der Waals surface area contributed by atoms with Crippen LogP contribution in [0.2, 0.25) is 5.02 Å². The van der Waals surface area contributed by atoms with Crippen molar-refractivity contribution in [3.63, 3.8) is 0 Å². The maximum atomic E-state index is 13.6. The first-order chi connectivity index (χ1) is 9.65. The predicted molar refractivity (Wildman–Crippen MR) is 76.0 cm³/mol. The van der Waals surface area contributed by atoms with Gasteiger partial charge in [0.1, 0.15) is 11.6 Å². The van der Waals surface area contributed by atoms with Crippen LogP contribution in [-0.4, -0.2) is 11.6 Å². The lowest BCUT2D eigenvalue weighted by Crippen LogP contribution is -2.29. The summed E-state index contributed by atoms with van der Waals surface area (Å²) in [6.07, 6.45) is 3.27. The van der Waals surface area contributed by atoms with Crippen LogP contribution >= 0.6 is 11.6 Å². The zero-order chi connectivity index (χ0) is 14.5. The number of hydrogen-bond donors (Lipinski definition) is 2. The Kier molecular flexibility index (Phi) is 4.89. The van der Waals surface area contributed by atoms with Gasteiger partial charge in [0, 0.05) is 6.20 Å². The van der Waals surface area contributed by atoms with Gasteiger partial charge in [0.05, 0.1) is 23.9 Å². The molecule has 1 aromatic carbocycles. The van der Waals surface area contributed by atoms with Crippen molar-refractivity contribution in [2.45, 2.75) is 13.0 Å². The van der Waals surface area contributed by atoms with Gasteiger partial charge in [-0.05, 0) is 36.2 Å². The molecule has 20 heavy (non-hydrogen) atoms. The molecule has 0 aliphatic heterocycles. The third kappa shape index (κ3) is 3.25. The molecule has 0 aliphatic rings. The number of hydrogen-bond acceptors (Lipinski definition) is 4. The summed E-state index contributed by atoms with van der Waals surface area (Å²) in [6.45, 7) is 2.43. The molecule has 3 N–H and O–H groups in total. The van der Waals surface area contributed by atoms with Gasteiger partial charge in [-0.2, -0.15) is 0 Å². The third-order valence-electron chi connectivity index (χ3n) is 2.82. The lowest BCUT2D eigenvalue weighted by Gasteiger charge is -2.17. The molecule has 2 rings (SSSR count). The van der Waals surface area contributed by atoms with Crippen LogP contribution in [0.5, 0.6) is 5.75 Å². The van der Waals surface area contributed by atoms with Crippen LogP contribution in [0.25, 0.3) is 0 Å². The van der Waals surface area contributed by atoms with Gasteiger partial charge in [-0.15, -0.1) is 0 Å². The van der Waals surface area contributed by atoms with Crippen LogP contribution in [0.1, 0.15) is 24.1 Å². The standard InChI is InChI=1S/C14H15ClFN3O/c1-2-20-11-5-10(7-18-8-11)14(19-17)9-3-4-12(15)13(16)6-9/h3-8,14,19H,2,17H2,1H3. The van der Waals surface area contributed by atoms with Crippen LogP contribution in [-0.2, 0) is 0 Å². The molecular weight excluding hydrogens is 281 g/mol. The molecule has 106 valence electrons. The molecule has 1 unspecified atom stereocenters. The fourth-order valence-corrected chi connectivity index (χ4v) is 2.03. The van der Waals surface area contributed by atoms with Gasteiger partial charge in [0.25, 0.3) is 0 Å². The molecule has 0 aliphatic carbocycles. The highest BCUT2D eigenvalue weighted by molar-refractivity contribution is 6.30. The van der Waals surface area contributed by atoms with Gasteiger partial charge in [0.2, 0.25) is 0 Å². The number of pyridine rings is 1. The second kappa shape index (κ2) is 6.65. The minimum Gasteiger partial charge on any atom is -0.492 e. The summed E-state index contributed by atoms with van der Waals surface area (Å²) in [5, 5.41) is 0.0747. The molecule has 4 nitrogen and oxygen atoms in total. The van der Waals surface area contributed by atoms with Gasteiger partial charge in [-0.3, -0.25) is 10.8 Å². The van der Waals surface area contributed by atoms with Gasteiger partial charge in [0.15, 0.2) is 0 Å². The lowest BCUT2D eigenvalue weighted by atomic mass is 10.0. The molecule has 1 aromatic heterocycles. The van der Waals surface area contributed by atoms with E-state index in [1.807, 2.05) is 13.0 Å². The van der Waals surface area contributed by atoms with Gasteiger partial charge >= 0.3 is 0 Å². The number of nitrogens with one attached hydrogen (secondary N) is 1. The first kappa shape index (κ1) is 14.7. The molecule has 0 amide bonds. The summed E-state index contributed by atoms with van der Waals surface area (Å²) < 4.78 is 18.9. The fourth-order valence-electron chi connectivity index (χ4n) is 1.92. The molecule has 0 saturated carbocycles. The van der Waals surface area contributed by atoms with Crippen LogP contribution in [0.4, 0.5) is 4.39 Å². The van der Waals surface area contributed by atoms with E-state index in [1.54, 1.807) is 18.5 Å². The molecule has 2 aromatic rings. The Labute approximate surface area is 121 Å². The second-order valence-corrected chi connectivity index (χ2v) is 4.57. The Hall–Kier alpha value is -1.69. The Balaban J connectivity index is 2.36. The van der Waals surface area contributed by atoms with Crippen LogP contribution in [0.3, 0.4) is 0 Å². The number of rotatable bonds is 5. The highest BCUT2D eigenvalue weighted by atomic mass is 35.5. The quantitative estimate of drug-likeness (QED) is 0.658. The molecule has 6 heteroatoms. The summed E-state index contributed by atoms with van der Waals surface area (Å²) in [7, 11) is 0. The predicted octanol–water partition coefficient (Wildman–Crippen LogP) is 2.83. The monoisotopic (exact) mass is 295 g/mol. The van der Waals surface area contributed by atoms with E-state index in [1.165, 1.54) is 12.1 Å². The van der Waals surface area contributed by atoms with Crippen molar-refractivity contribution >= 4 is 11.6 Å². The van der Waals surface area contributed by atoms with Crippen molar-refractivity contribution in [1.82, 2.24) is 10.4 Å². The number of halogens is 2. The van der Waals surface area contributed by atoms with E-state index < -0.39 is 11.9 Å². The Morgan fingerprint density at radius 2 is 2.15 bits per heavy atom. The van der Waals surface area contributed by atoms with Gasteiger partial charge in [-0.25, -0.2) is 9.82 Å². The fraction of sp³-hybridized carbons (Fsp3) is 0.214. The smallest absolute Gasteiger partial charge is 0.142 e. The Bertz CT molecular complexity index is 594. The number of nitrogens with two attached hydrogens (primary N) is 1. The van der Waals surface area contributed by atoms with Gasteiger partial charge in [-0.1, -0.05) is 17.7 Å². The largest absolute Gasteiger partial charge is 0.492 e. The Morgan fingerprint density at radius 1 is 1.35 bits per heavy atom. The first-order valence-electron chi connectivity index (χ1n) is 6.14. The summed E-state index contributed by atoms with van der Waals surface area (Å²) in [5.41, 5.74) is 4.08. The maximum Gasteiger partial charge on any atom is 0.142 e. The molecular formula is C14H15ClFN3O. The molecule has 0 fully saturated rings. The van der Waals surface area contributed by atoms with Crippen molar-refractivity contribution in [3.05, 3.63) is 58.6 Å². The molecule has 0 radical (unpaired) electrons. The normalized spacial score (nSPS) is 12.2. The van der Waals surface area contributed by atoms with Crippen LogP contribution in [0, 0.1) is 5.82 Å². The topological polar surface area (TPSA) is 60.2 Å². The minimum atomic E-state index is -0.488. The zero-order valence-electron chi connectivity index (χ0n) is 10.9. The SMILES string of the molecule is CCOc1cncc(C(NN)c2ccc(Cl)c(F)c2)c1. The van der Waals surface area contributed by atoms with E-state index in [0.29, 0.717) is 17.9 Å². The average molecular weight is 296 g/mol. The minimum absolute atomic E-state index is 0.0747. The highest BCUT2D eigenvalue weighted by Crippen LogP contribution is 2.26. The molecule has 1 atom stereocenters. The molecule has 0 bridgehead atoms. The van der Waals surface area contributed by atoms with Crippen molar-refractivity contribution in [3.8, 4) is 5.75 Å². The average Bonchev–Trinajstić information content (AvgIpc) is 2.44. The maximum absolute atomic E-state index is 13.6. The van der Waals surface area contributed by atoms with E-state index in [-0.39, 0.29) is 5.02 Å². The van der Waals surface area contributed by atoms with Crippen molar-refractivity contribution in [2.75, 3.05) is 6.61 Å². The Morgan fingerprint density at radius 3 is 2.80 bits per heavy atom. The van der Waals surface area contributed by atoms with Crippen molar-refractivity contribution in [1.29, 1.82) is 0 Å². The van der Waals surface area contributed by atoms with E-state index in [0.717, 1.165) is 5.56 Å². The van der Waals surface area contributed by atoms with E-state index in [4.69, 9.17) is 22.2 Å². The van der Waals surface area contributed by atoms with Gasteiger partial charge < -0.3 is 4.74 Å². The summed E-state index contributed by atoms with van der Waals surface area (Å²) in [5.74, 6) is 5.73. The molecule has 0 saturated heterocycles. The number of ether oxygens (including phenoxy) is 1. The van der Waals surface area contributed by atoms with E-state index >= 15 is 0 Å². The first-order valence-corrected chi connectivity index (χ1v) is 6.52. The summed E-state index contributed by atoms with van der Waals surface area (Å²) >= 11 is 5.68. The van der Waals surface area contributed by atoms with E-state index in [9.17, 15) is 4.39 Å². The van der Waals surface area contributed by atoms with Crippen LogP contribution < -0.4 is 16.0 Å². The highest BCUT2D eigenvalue weighted by Gasteiger charge is 2.15. The lowest BCUT2D eigenvalue weighted by molar-refractivity contribution is 0.338. The second-order valence-electron chi connectivity index (χ2n) is 4.16. The number of hydrazine groups is 1. The number of benzene rings is 1. The summed E-state index contributed by atoms with van der Waals surface area (Å²) in [6, 6.07) is 5.97. The van der Waals surface area contributed by atoms with Crippen molar-refractivity contribution < 1.29 is 9.13 Å². The molecule has 1 heterocycles.